The number of fused-ring (bicyclic) bond motifs is 1. The fraction of sp³-hybridized carbons (Fsp3) is 0.208. The lowest BCUT2D eigenvalue weighted by Gasteiger charge is -2.13. The molecule has 0 bridgehead atoms. The number of amides is 1. The SMILES string of the molecule is Cc1c(OCCCOC(=O)Nc2ccccc2)ccnc1Cn1cnc2ccccc21. The standard InChI is InChI=1S/C24H24N4O3/c1-18-21(16-28-17-26-20-10-5-6-11-22(20)28)25-13-12-23(18)30-14-7-15-31-24(29)27-19-8-3-2-4-9-19/h2-6,8-13,17H,7,14-16H2,1H3,(H,27,29). The maximum absolute atomic E-state index is 11.8. The van der Waals surface area contributed by atoms with Crippen LogP contribution in [0.25, 0.3) is 11.0 Å². The molecule has 2 heterocycles. The van der Waals surface area contributed by atoms with Crippen molar-refractivity contribution in [3.8, 4) is 5.75 Å². The summed E-state index contributed by atoms with van der Waals surface area (Å²) in [4.78, 5) is 20.8. The summed E-state index contributed by atoms with van der Waals surface area (Å²) < 4.78 is 13.2. The average molecular weight is 416 g/mol. The smallest absolute Gasteiger partial charge is 0.411 e. The van der Waals surface area contributed by atoms with Crippen LogP contribution in [0.5, 0.6) is 5.75 Å². The van der Waals surface area contributed by atoms with Crippen LogP contribution in [0.4, 0.5) is 10.5 Å². The van der Waals surface area contributed by atoms with E-state index >= 15 is 0 Å². The fourth-order valence-corrected chi connectivity index (χ4v) is 3.25. The van der Waals surface area contributed by atoms with Gasteiger partial charge in [0.2, 0.25) is 0 Å². The Hall–Kier alpha value is -3.87. The first-order valence-electron chi connectivity index (χ1n) is 10.2. The maximum atomic E-state index is 11.8. The van der Waals surface area contributed by atoms with E-state index in [-0.39, 0.29) is 6.61 Å². The second kappa shape index (κ2) is 9.75. The highest BCUT2D eigenvalue weighted by molar-refractivity contribution is 5.84. The number of benzene rings is 2. The summed E-state index contributed by atoms with van der Waals surface area (Å²) in [5, 5.41) is 2.68. The zero-order valence-electron chi connectivity index (χ0n) is 17.3. The Morgan fingerprint density at radius 2 is 1.81 bits per heavy atom. The van der Waals surface area contributed by atoms with Crippen LogP contribution >= 0.6 is 0 Å². The number of ether oxygens (including phenoxy) is 2. The van der Waals surface area contributed by atoms with E-state index in [4.69, 9.17) is 9.47 Å². The predicted molar refractivity (Wildman–Crippen MR) is 119 cm³/mol. The quantitative estimate of drug-likeness (QED) is 0.417. The number of aromatic nitrogens is 3. The third-order valence-electron chi connectivity index (χ3n) is 4.91. The van der Waals surface area contributed by atoms with Gasteiger partial charge >= 0.3 is 6.09 Å². The summed E-state index contributed by atoms with van der Waals surface area (Å²) in [5.41, 5.74) is 4.65. The molecule has 31 heavy (non-hydrogen) atoms. The predicted octanol–water partition coefficient (Wildman–Crippen LogP) is 4.81. The van der Waals surface area contributed by atoms with Gasteiger partial charge in [-0.3, -0.25) is 10.3 Å². The van der Waals surface area contributed by atoms with Crippen LogP contribution in [0.1, 0.15) is 17.7 Å². The number of nitrogens with one attached hydrogen (secondary N) is 1. The van der Waals surface area contributed by atoms with E-state index in [0.29, 0.717) is 25.3 Å². The van der Waals surface area contributed by atoms with Gasteiger partial charge in [0.25, 0.3) is 0 Å². The van der Waals surface area contributed by atoms with Crippen molar-refractivity contribution in [1.29, 1.82) is 0 Å². The van der Waals surface area contributed by atoms with E-state index in [1.807, 2.05) is 61.8 Å². The summed E-state index contributed by atoms with van der Waals surface area (Å²) >= 11 is 0. The van der Waals surface area contributed by atoms with E-state index in [9.17, 15) is 4.79 Å². The molecule has 0 aliphatic carbocycles. The summed E-state index contributed by atoms with van der Waals surface area (Å²) in [7, 11) is 0. The molecule has 0 saturated carbocycles. The van der Waals surface area contributed by atoms with E-state index in [2.05, 4.69) is 19.9 Å². The third kappa shape index (κ3) is 5.19. The van der Waals surface area contributed by atoms with E-state index in [1.54, 1.807) is 18.3 Å². The molecule has 1 N–H and O–H groups in total. The second-order valence-corrected chi connectivity index (χ2v) is 7.07. The summed E-state index contributed by atoms with van der Waals surface area (Å²) in [6.07, 6.45) is 3.70. The molecule has 0 aliphatic rings. The number of rotatable bonds is 8. The minimum absolute atomic E-state index is 0.274. The first kappa shape index (κ1) is 20.4. The lowest BCUT2D eigenvalue weighted by atomic mass is 10.2. The molecule has 0 saturated heterocycles. The highest BCUT2D eigenvalue weighted by Crippen LogP contribution is 2.22. The molecule has 2 aromatic carbocycles. The molecule has 0 fully saturated rings. The number of nitrogens with zero attached hydrogens (tertiary/aromatic N) is 3. The zero-order valence-corrected chi connectivity index (χ0v) is 17.3. The van der Waals surface area contributed by atoms with Gasteiger partial charge in [0, 0.05) is 23.9 Å². The van der Waals surface area contributed by atoms with Crippen LogP contribution in [0, 0.1) is 6.92 Å². The van der Waals surface area contributed by atoms with Crippen molar-refractivity contribution in [1.82, 2.24) is 14.5 Å². The summed E-state index contributed by atoms with van der Waals surface area (Å²) in [5.74, 6) is 0.781. The Bertz CT molecular complexity index is 1160. The second-order valence-electron chi connectivity index (χ2n) is 7.07. The molecule has 4 aromatic rings. The monoisotopic (exact) mass is 416 g/mol. The highest BCUT2D eigenvalue weighted by atomic mass is 16.5. The zero-order chi connectivity index (χ0) is 21.5. The van der Waals surface area contributed by atoms with Gasteiger partial charge in [0.15, 0.2) is 0 Å². The first-order valence-corrected chi connectivity index (χ1v) is 10.2. The van der Waals surface area contributed by atoms with Gasteiger partial charge in [-0.25, -0.2) is 9.78 Å². The van der Waals surface area contributed by atoms with Crippen molar-refractivity contribution in [2.45, 2.75) is 19.9 Å². The number of anilines is 1. The van der Waals surface area contributed by atoms with Gasteiger partial charge in [0.05, 0.1) is 42.8 Å². The molecule has 2 aromatic heterocycles. The number of pyridine rings is 1. The first-order chi connectivity index (χ1) is 15.2. The molecule has 7 heteroatoms. The van der Waals surface area contributed by atoms with Crippen molar-refractivity contribution >= 4 is 22.8 Å². The molecule has 0 radical (unpaired) electrons. The van der Waals surface area contributed by atoms with Crippen molar-refractivity contribution in [2.75, 3.05) is 18.5 Å². The van der Waals surface area contributed by atoms with Crippen LogP contribution in [0.2, 0.25) is 0 Å². The summed E-state index contributed by atoms with van der Waals surface area (Å²) in [6.45, 7) is 3.33. The Morgan fingerprint density at radius 1 is 1.00 bits per heavy atom. The molecular formula is C24H24N4O3. The Kier molecular flexibility index (Phi) is 6.42. The van der Waals surface area contributed by atoms with Gasteiger partial charge < -0.3 is 14.0 Å². The normalized spacial score (nSPS) is 10.7. The van der Waals surface area contributed by atoms with Gasteiger partial charge in [-0.15, -0.1) is 0 Å². The number of carbonyl (C=O) groups is 1. The molecule has 0 atom stereocenters. The number of para-hydroxylation sites is 3. The molecule has 0 aliphatic heterocycles. The molecule has 0 spiro atoms. The van der Waals surface area contributed by atoms with Gasteiger partial charge in [0.1, 0.15) is 5.75 Å². The van der Waals surface area contributed by atoms with Crippen molar-refractivity contribution in [3.63, 3.8) is 0 Å². The van der Waals surface area contributed by atoms with Crippen LogP contribution in [-0.2, 0) is 11.3 Å². The van der Waals surface area contributed by atoms with Crippen LogP contribution in [0.3, 0.4) is 0 Å². The summed E-state index contributed by atoms with van der Waals surface area (Å²) in [6, 6.07) is 19.1. The molecular weight excluding hydrogens is 392 g/mol. The third-order valence-corrected chi connectivity index (χ3v) is 4.91. The fourth-order valence-electron chi connectivity index (χ4n) is 3.25. The van der Waals surface area contributed by atoms with Crippen LogP contribution in [-0.4, -0.2) is 33.8 Å². The Labute approximate surface area is 180 Å². The average Bonchev–Trinajstić information content (AvgIpc) is 3.19. The minimum atomic E-state index is -0.471. The van der Waals surface area contributed by atoms with Crippen LogP contribution < -0.4 is 10.1 Å². The van der Waals surface area contributed by atoms with E-state index in [1.165, 1.54) is 0 Å². The number of hydrogen-bond donors (Lipinski definition) is 1. The molecule has 158 valence electrons. The molecule has 0 unspecified atom stereocenters. The van der Waals surface area contributed by atoms with Crippen molar-refractivity contribution in [2.24, 2.45) is 0 Å². The highest BCUT2D eigenvalue weighted by Gasteiger charge is 2.10. The lowest BCUT2D eigenvalue weighted by Crippen LogP contribution is -2.15. The molecule has 7 nitrogen and oxygen atoms in total. The number of imidazole rings is 1. The van der Waals surface area contributed by atoms with Crippen molar-refractivity contribution < 1.29 is 14.3 Å². The molecule has 1 amide bonds. The van der Waals surface area contributed by atoms with Gasteiger partial charge in [-0.1, -0.05) is 30.3 Å². The van der Waals surface area contributed by atoms with Gasteiger partial charge in [-0.2, -0.15) is 0 Å². The lowest BCUT2D eigenvalue weighted by molar-refractivity contribution is 0.151. The largest absolute Gasteiger partial charge is 0.493 e. The van der Waals surface area contributed by atoms with E-state index < -0.39 is 6.09 Å². The van der Waals surface area contributed by atoms with Crippen LogP contribution in [0.15, 0.2) is 73.2 Å². The Morgan fingerprint density at radius 3 is 2.68 bits per heavy atom. The molecule has 4 rings (SSSR count). The van der Waals surface area contributed by atoms with E-state index in [0.717, 1.165) is 28.0 Å². The number of carbonyl (C=O) groups excluding carboxylic acids is 1. The minimum Gasteiger partial charge on any atom is -0.493 e. The Balaban J connectivity index is 1.27. The van der Waals surface area contributed by atoms with Crippen molar-refractivity contribution in [3.05, 3.63) is 84.4 Å². The maximum Gasteiger partial charge on any atom is 0.411 e. The number of hydrogen-bond acceptors (Lipinski definition) is 5. The van der Waals surface area contributed by atoms with Gasteiger partial charge in [-0.05, 0) is 37.3 Å². The topological polar surface area (TPSA) is 78.3 Å².